The van der Waals surface area contributed by atoms with Gasteiger partial charge in [0.25, 0.3) is 6.01 Å². The van der Waals surface area contributed by atoms with Crippen LogP contribution in [-0.2, 0) is 0 Å². The summed E-state index contributed by atoms with van der Waals surface area (Å²) in [6.45, 7) is 1.89. The highest BCUT2D eigenvalue weighted by atomic mass is 16.5. The van der Waals surface area contributed by atoms with E-state index < -0.39 is 0 Å². The van der Waals surface area contributed by atoms with Crippen LogP contribution in [0.4, 0.5) is 6.01 Å². The molecule has 2 aromatic rings. The molecule has 1 heterocycles. The molecule has 1 aromatic carbocycles. The normalized spacial score (nSPS) is 10.2. The van der Waals surface area contributed by atoms with Crippen LogP contribution in [0.5, 0.6) is 11.5 Å². The number of benzene rings is 1. The lowest BCUT2D eigenvalue weighted by Crippen LogP contribution is -1.90. The van der Waals surface area contributed by atoms with Gasteiger partial charge in [-0.25, -0.2) is 0 Å². The van der Waals surface area contributed by atoms with Gasteiger partial charge in [-0.15, -0.1) is 0 Å². The maximum Gasteiger partial charge on any atom is 0.295 e. The van der Waals surface area contributed by atoms with Crippen LogP contribution in [0.15, 0.2) is 22.6 Å². The van der Waals surface area contributed by atoms with Crippen LogP contribution in [0.25, 0.3) is 11.3 Å². The number of aryl methyl sites for hydroxylation is 1. The molecule has 0 radical (unpaired) electrons. The third-order valence-electron chi connectivity index (χ3n) is 2.66. The molecule has 0 amide bonds. The predicted molar refractivity (Wildman–Crippen MR) is 69.3 cm³/mol. The van der Waals surface area contributed by atoms with Gasteiger partial charge in [0.2, 0.25) is 0 Å². The number of anilines is 1. The lowest BCUT2D eigenvalue weighted by atomic mass is 10.1. The number of hydrogen-bond donors (Lipinski definition) is 1. The minimum Gasteiger partial charge on any atom is -0.497 e. The molecule has 0 aliphatic rings. The summed E-state index contributed by atoms with van der Waals surface area (Å²) in [5.74, 6) is 2.12. The molecule has 0 saturated heterocycles. The van der Waals surface area contributed by atoms with E-state index in [1.54, 1.807) is 21.3 Å². The molecule has 0 spiro atoms. The number of methoxy groups -OCH3 is 2. The number of aromatic nitrogens is 1. The van der Waals surface area contributed by atoms with Gasteiger partial charge in [0.15, 0.2) is 5.76 Å². The Labute approximate surface area is 106 Å². The molecule has 0 bridgehead atoms. The fourth-order valence-corrected chi connectivity index (χ4v) is 1.74. The van der Waals surface area contributed by atoms with E-state index in [4.69, 9.17) is 13.9 Å². The summed E-state index contributed by atoms with van der Waals surface area (Å²) >= 11 is 0. The van der Waals surface area contributed by atoms with Crippen LogP contribution >= 0.6 is 0 Å². The van der Waals surface area contributed by atoms with Crippen LogP contribution in [-0.4, -0.2) is 26.3 Å². The Kier molecular flexibility index (Phi) is 3.41. The van der Waals surface area contributed by atoms with E-state index in [1.165, 1.54) is 0 Å². The number of hydrogen-bond acceptors (Lipinski definition) is 5. The Bertz CT molecular complexity index is 549. The first-order valence-electron chi connectivity index (χ1n) is 5.57. The van der Waals surface area contributed by atoms with E-state index in [0.29, 0.717) is 17.5 Å². The average molecular weight is 248 g/mol. The maximum atomic E-state index is 5.62. The highest BCUT2D eigenvalue weighted by Crippen LogP contribution is 2.36. The first-order chi connectivity index (χ1) is 8.69. The van der Waals surface area contributed by atoms with Gasteiger partial charge in [-0.2, -0.15) is 4.98 Å². The van der Waals surface area contributed by atoms with Crippen LogP contribution in [0.3, 0.4) is 0 Å². The Morgan fingerprint density at radius 2 is 2.00 bits per heavy atom. The topological polar surface area (TPSA) is 56.5 Å². The highest BCUT2D eigenvalue weighted by Gasteiger charge is 2.15. The Balaban J connectivity index is 2.52. The Morgan fingerprint density at radius 1 is 1.22 bits per heavy atom. The summed E-state index contributed by atoms with van der Waals surface area (Å²) in [4.78, 5) is 4.26. The molecule has 5 nitrogen and oxygen atoms in total. The standard InChI is InChI=1S/C13H16N2O3/c1-8-12(18-13(14-2)15-8)10-6-5-9(16-3)7-11(10)17-4/h5-7H,1-4H3,(H,14,15). The third kappa shape index (κ3) is 2.11. The molecule has 0 atom stereocenters. The van der Waals surface area contributed by atoms with E-state index in [9.17, 15) is 0 Å². The minimum atomic E-state index is 0.486. The van der Waals surface area contributed by atoms with E-state index >= 15 is 0 Å². The first-order valence-corrected chi connectivity index (χ1v) is 5.57. The zero-order valence-corrected chi connectivity index (χ0v) is 10.9. The smallest absolute Gasteiger partial charge is 0.295 e. The predicted octanol–water partition coefficient (Wildman–Crippen LogP) is 2.71. The van der Waals surface area contributed by atoms with Crippen molar-refractivity contribution in [2.75, 3.05) is 26.6 Å². The summed E-state index contributed by atoms with van der Waals surface area (Å²) in [6, 6.07) is 6.06. The van der Waals surface area contributed by atoms with Crippen molar-refractivity contribution >= 4 is 6.01 Å². The Morgan fingerprint density at radius 3 is 2.56 bits per heavy atom. The minimum absolute atomic E-state index is 0.486. The van der Waals surface area contributed by atoms with Crippen molar-refractivity contribution in [1.82, 2.24) is 4.98 Å². The summed E-state index contributed by atoms with van der Waals surface area (Å²) in [6.07, 6.45) is 0. The SMILES string of the molecule is CNc1nc(C)c(-c2ccc(OC)cc2OC)o1. The van der Waals surface area contributed by atoms with Gasteiger partial charge in [-0.3, -0.25) is 0 Å². The number of nitrogens with zero attached hydrogens (tertiary/aromatic N) is 1. The summed E-state index contributed by atoms with van der Waals surface area (Å²) in [5.41, 5.74) is 1.66. The van der Waals surface area contributed by atoms with Gasteiger partial charge in [0, 0.05) is 13.1 Å². The van der Waals surface area contributed by atoms with Crippen LogP contribution in [0.1, 0.15) is 5.69 Å². The third-order valence-corrected chi connectivity index (χ3v) is 2.66. The average Bonchev–Trinajstić information content (AvgIpc) is 2.79. The molecule has 1 N–H and O–H groups in total. The summed E-state index contributed by atoms with van der Waals surface area (Å²) in [7, 11) is 5.00. The second-order valence-electron chi connectivity index (χ2n) is 3.75. The second-order valence-corrected chi connectivity index (χ2v) is 3.75. The molecule has 5 heteroatoms. The van der Waals surface area contributed by atoms with Crippen molar-refractivity contribution in [2.24, 2.45) is 0 Å². The van der Waals surface area contributed by atoms with E-state index in [-0.39, 0.29) is 0 Å². The van der Waals surface area contributed by atoms with Crippen LogP contribution in [0.2, 0.25) is 0 Å². The second kappa shape index (κ2) is 5.00. The van der Waals surface area contributed by atoms with Crippen molar-refractivity contribution in [3.63, 3.8) is 0 Å². The van der Waals surface area contributed by atoms with Gasteiger partial charge in [-0.1, -0.05) is 0 Å². The van der Waals surface area contributed by atoms with Crippen molar-refractivity contribution in [3.05, 3.63) is 23.9 Å². The molecular formula is C13H16N2O3. The van der Waals surface area contributed by atoms with E-state index in [1.807, 2.05) is 25.1 Å². The van der Waals surface area contributed by atoms with Crippen molar-refractivity contribution in [3.8, 4) is 22.8 Å². The monoisotopic (exact) mass is 248 g/mol. The number of oxazole rings is 1. The molecule has 2 rings (SSSR count). The molecule has 18 heavy (non-hydrogen) atoms. The number of rotatable bonds is 4. The lowest BCUT2D eigenvalue weighted by molar-refractivity contribution is 0.394. The van der Waals surface area contributed by atoms with Gasteiger partial charge in [-0.05, 0) is 19.1 Å². The van der Waals surface area contributed by atoms with Gasteiger partial charge < -0.3 is 19.2 Å². The highest BCUT2D eigenvalue weighted by molar-refractivity contribution is 5.69. The fraction of sp³-hybridized carbons (Fsp3) is 0.308. The van der Waals surface area contributed by atoms with Gasteiger partial charge in [0.1, 0.15) is 11.5 Å². The molecule has 1 aromatic heterocycles. The van der Waals surface area contributed by atoms with Crippen molar-refractivity contribution in [1.29, 1.82) is 0 Å². The molecule has 96 valence electrons. The molecule has 0 aliphatic heterocycles. The molecular weight excluding hydrogens is 232 g/mol. The number of nitrogens with one attached hydrogen (secondary N) is 1. The fourth-order valence-electron chi connectivity index (χ4n) is 1.74. The van der Waals surface area contributed by atoms with Crippen molar-refractivity contribution in [2.45, 2.75) is 6.92 Å². The van der Waals surface area contributed by atoms with Crippen LogP contribution < -0.4 is 14.8 Å². The zero-order chi connectivity index (χ0) is 13.1. The van der Waals surface area contributed by atoms with E-state index in [0.717, 1.165) is 17.0 Å². The molecule has 0 aliphatic carbocycles. The molecule has 0 fully saturated rings. The zero-order valence-electron chi connectivity index (χ0n) is 10.9. The van der Waals surface area contributed by atoms with E-state index in [2.05, 4.69) is 10.3 Å². The maximum absolute atomic E-state index is 5.62. The van der Waals surface area contributed by atoms with Gasteiger partial charge >= 0.3 is 0 Å². The summed E-state index contributed by atoms with van der Waals surface area (Å²) < 4.78 is 16.1. The Hall–Kier alpha value is -2.17. The molecule has 0 unspecified atom stereocenters. The quantitative estimate of drug-likeness (QED) is 0.901. The van der Waals surface area contributed by atoms with Crippen LogP contribution in [0, 0.1) is 6.92 Å². The number of ether oxygens (including phenoxy) is 2. The summed E-state index contributed by atoms with van der Waals surface area (Å²) in [5, 5.41) is 2.87. The molecule has 0 saturated carbocycles. The first kappa shape index (κ1) is 12.3. The largest absolute Gasteiger partial charge is 0.497 e. The lowest BCUT2D eigenvalue weighted by Gasteiger charge is -2.08. The van der Waals surface area contributed by atoms with Gasteiger partial charge in [0.05, 0.1) is 25.5 Å². The van der Waals surface area contributed by atoms with Crippen molar-refractivity contribution < 1.29 is 13.9 Å².